The second-order valence-corrected chi connectivity index (χ2v) is 7.08. The first-order valence-corrected chi connectivity index (χ1v) is 10.2. The lowest BCUT2D eigenvalue weighted by Gasteiger charge is -2.36. The maximum absolute atomic E-state index is 6.55. The summed E-state index contributed by atoms with van der Waals surface area (Å²) in [4.78, 5) is 0. The van der Waals surface area contributed by atoms with Crippen LogP contribution < -0.4 is 0 Å². The Labute approximate surface area is 150 Å². The van der Waals surface area contributed by atoms with Gasteiger partial charge in [-0.3, -0.25) is 0 Å². The van der Waals surface area contributed by atoms with E-state index in [2.05, 4.69) is 72.8 Å². The SMILES string of the molecule is ClPCCOC(c1ccccc1)(c1ccccc1)c1ccccc1. The summed E-state index contributed by atoms with van der Waals surface area (Å²) in [5.74, 6) is 0. The molecule has 0 fully saturated rings. The average Bonchev–Trinajstić information content (AvgIpc) is 2.68. The highest BCUT2D eigenvalue weighted by Gasteiger charge is 2.37. The molecule has 1 nitrogen and oxygen atoms in total. The summed E-state index contributed by atoms with van der Waals surface area (Å²) in [6, 6.07) is 31.2. The monoisotopic (exact) mass is 354 g/mol. The Bertz CT molecular complexity index is 635. The van der Waals surface area contributed by atoms with Gasteiger partial charge in [-0.25, -0.2) is 0 Å². The van der Waals surface area contributed by atoms with Crippen molar-refractivity contribution in [1.29, 1.82) is 0 Å². The van der Waals surface area contributed by atoms with Crippen molar-refractivity contribution in [3.05, 3.63) is 108 Å². The number of hydrogen-bond acceptors (Lipinski definition) is 1. The first-order chi connectivity index (χ1) is 11.9. The fraction of sp³-hybridized carbons (Fsp3) is 0.143. The minimum absolute atomic E-state index is 0.364. The molecule has 0 bridgehead atoms. The molecular weight excluding hydrogens is 335 g/mol. The summed E-state index contributed by atoms with van der Waals surface area (Å²) in [5, 5.41) is 0. The quantitative estimate of drug-likeness (QED) is 0.295. The van der Waals surface area contributed by atoms with Gasteiger partial charge in [-0.2, -0.15) is 0 Å². The number of ether oxygens (including phenoxy) is 1. The molecule has 0 radical (unpaired) electrons. The average molecular weight is 355 g/mol. The van der Waals surface area contributed by atoms with Crippen LogP contribution in [0.15, 0.2) is 91.0 Å². The van der Waals surface area contributed by atoms with Gasteiger partial charge >= 0.3 is 0 Å². The molecule has 1 atom stereocenters. The van der Waals surface area contributed by atoms with Gasteiger partial charge in [0.1, 0.15) is 5.60 Å². The van der Waals surface area contributed by atoms with Gasteiger partial charge in [-0.05, 0) is 24.6 Å². The molecule has 0 aromatic heterocycles. The summed E-state index contributed by atoms with van der Waals surface area (Å²) in [5.41, 5.74) is 2.75. The van der Waals surface area contributed by atoms with E-state index in [0.717, 1.165) is 22.9 Å². The topological polar surface area (TPSA) is 9.23 Å². The minimum Gasteiger partial charge on any atom is -0.360 e. The van der Waals surface area contributed by atoms with E-state index in [4.69, 9.17) is 16.0 Å². The molecule has 0 aliphatic carbocycles. The number of rotatable bonds is 7. The van der Waals surface area contributed by atoms with Crippen LogP contribution in [0, 0.1) is 0 Å². The predicted molar refractivity (Wildman–Crippen MR) is 104 cm³/mol. The Morgan fingerprint density at radius 2 is 1.04 bits per heavy atom. The Hall–Kier alpha value is -1.66. The standard InChI is InChI=1S/C21H20ClOP/c22-24-17-16-23-21(18-10-4-1-5-11-18,19-12-6-2-7-13-19)20-14-8-3-9-15-20/h1-15,24H,16-17H2. The molecule has 0 saturated carbocycles. The first-order valence-electron chi connectivity index (χ1n) is 8.02. The predicted octanol–water partition coefficient (Wildman–Crippen LogP) is 5.83. The molecule has 3 aromatic rings. The van der Waals surface area contributed by atoms with Crippen molar-refractivity contribution in [3.63, 3.8) is 0 Å². The van der Waals surface area contributed by atoms with Gasteiger partial charge in [0, 0.05) is 6.16 Å². The fourth-order valence-electron chi connectivity index (χ4n) is 3.01. The van der Waals surface area contributed by atoms with Crippen LogP contribution in [0.25, 0.3) is 0 Å². The highest BCUT2D eigenvalue weighted by molar-refractivity contribution is 7.68. The highest BCUT2D eigenvalue weighted by Crippen LogP contribution is 2.40. The summed E-state index contributed by atoms with van der Waals surface area (Å²) in [7, 11) is 0.364. The van der Waals surface area contributed by atoms with Crippen molar-refractivity contribution in [3.8, 4) is 0 Å². The van der Waals surface area contributed by atoms with Gasteiger partial charge in [-0.1, -0.05) is 91.0 Å². The molecule has 0 N–H and O–H groups in total. The fourth-order valence-corrected chi connectivity index (χ4v) is 3.42. The third-order valence-corrected chi connectivity index (χ3v) is 5.02. The molecule has 0 saturated heterocycles. The molecule has 0 heterocycles. The summed E-state index contributed by atoms with van der Waals surface area (Å²) < 4.78 is 6.55. The van der Waals surface area contributed by atoms with E-state index >= 15 is 0 Å². The van der Waals surface area contributed by atoms with Crippen molar-refractivity contribution < 1.29 is 4.74 Å². The Morgan fingerprint density at radius 1 is 0.667 bits per heavy atom. The van der Waals surface area contributed by atoms with E-state index in [1.807, 2.05) is 18.2 Å². The van der Waals surface area contributed by atoms with E-state index < -0.39 is 5.60 Å². The van der Waals surface area contributed by atoms with Gasteiger partial charge in [0.15, 0.2) is 0 Å². The van der Waals surface area contributed by atoms with Crippen LogP contribution in [-0.4, -0.2) is 12.8 Å². The third kappa shape index (κ3) is 3.54. The lowest BCUT2D eigenvalue weighted by Crippen LogP contribution is -2.33. The van der Waals surface area contributed by atoms with Crippen molar-refractivity contribution in [2.45, 2.75) is 5.60 Å². The van der Waals surface area contributed by atoms with Crippen molar-refractivity contribution in [2.24, 2.45) is 0 Å². The zero-order valence-corrected chi connectivity index (χ0v) is 15.1. The summed E-state index contributed by atoms with van der Waals surface area (Å²) in [6.07, 6.45) is 0.843. The molecule has 0 aliphatic rings. The smallest absolute Gasteiger partial charge is 0.143 e. The molecule has 3 rings (SSSR count). The summed E-state index contributed by atoms with van der Waals surface area (Å²) >= 11 is 5.92. The maximum atomic E-state index is 6.55. The third-order valence-electron chi connectivity index (χ3n) is 4.06. The lowest BCUT2D eigenvalue weighted by molar-refractivity contribution is 0.0232. The van der Waals surface area contributed by atoms with Crippen LogP contribution in [0.2, 0.25) is 0 Å². The van der Waals surface area contributed by atoms with Gasteiger partial charge in [0.25, 0.3) is 0 Å². The Balaban J connectivity index is 2.20. The molecule has 3 aromatic carbocycles. The van der Waals surface area contributed by atoms with Crippen LogP contribution in [0.5, 0.6) is 0 Å². The molecular formula is C21H20ClOP. The van der Waals surface area contributed by atoms with E-state index in [1.54, 1.807) is 0 Å². The Kier molecular flexibility index (Phi) is 6.04. The lowest BCUT2D eigenvalue weighted by atomic mass is 9.80. The zero-order chi connectivity index (χ0) is 16.7. The largest absolute Gasteiger partial charge is 0.360 e. The number of hydrogen-bond donors (Lipinski definition) is 0. The molecule has 1 unspecified atom stereocenters. The van der Waals surface area contributed by atoms with Crippen molar-refractivity contribution in [1.82, 2.24) is 0 Å². The van der Waals surface area contributed by atoms with Crippen LogP contribution in [0.4, 0.5) is 0 Å². The molecule has 24 heavy (non-hydrogen) atoms. The van der Waals surface area contributed by atoms with E-state index in [9.17, 15) is 0 Å². The van der Waals surface area contributed by atoms with Gasteiger partial charge < -0.3 is 4.74 Å². The van der Waals surface area contributed by atoms with Gasteiger partial charge in [0.2, 0.25) is 0 Å². The molecule has 0 amide bonds. The number of halogens is 1. The molecule has 122 valence electrons. The van der Waals surface area contributed by atoms with Crippen LogP contribution in [0.3, 0.4) is 0 Å². The molecule has 0 aliphatic heterocycles. The first kappa shape index (κ1) is 17.2. The number of benzene rings is 3. The van der Waals surface area contributed by atoms with E-state index in [1.165, 1.54) is 0 Å². The second-order valence-electron chi connectivity index (χ2n) is 5.51. The second kappa shape index (κ2) is 8.44. The van der Waals surface area contributed by atoms with Crippen LogP contribution in [0.1, 0.15) is 16.7 Å². The van der Waals surface area contributed by atoms with Crippen molar-refractivity contribution in [2.75, 3.05) is 12.8 Å². The van der Waals surface area contributed by atoms with Gasteiger partial charge in [-0.15, -0.1) is 11.2 Å². The van der Waals surface area contributed by atoms with Gasteiger partial charge in [0.05, 0.1) is 6.61 Å². The highest BCUT2D eigenvalue weighted by atomic mass is 35.7. The zero-order valence-electron chi connectivity index (χ0n) is 13.4. The van der Waals surface area contributed by atoms with Crippen LogP contribution >= 0.6 is 19.2 Å². The maximum Gasteiger partial charge on any atom is 0.143 e. The molecule has 0 spiro atoms. The minimum atomic E-state index is -0.625. The van der Waals surface area contributed by atoms with E-state index in [-0.39, 0.29) is 0 Å². The Morgan fingerprint density at radius 3 is 1.38 bits per heavy atom. The van der Waals surface area contributed by atoms with Crippen LogP contribution in [-0.2, 0) is 10.3 Å². The molecule has 3 heteroatoms. The van der Waals surface area contributed by atoms with E-state index in [0.29, 0.717) is 14.5 Å². The summed E-state index contributed by atoms with van der Waals surface area (Å²) in [6.45, 7) is 0.612. The normalized spacial score (nSPS) is 11.9. The van der Waals surface area contributed by atoms with Crippen molar-refractivity contribution >= 4 is 19.2 Å².